The van der Waals surface area contributed by atoms with Crippen LogP contribution in [0.5, 0.6) is 0 Å². The van der Waals surface area contributed by atoms with E-state index < -0.39 is 0 Å². The van der Waals surface area contributed by atoms with Crippen LogP contribution in [0, 0.1) is 13.8 Å². The molecule has 0 aliphatic heterocycles. The molecule has 0 bridgehead atoms. The zero-order valence-corrected chi connectivity index (χ0v) is 31.1. The molecular weight excluding hydrogens is 717 g/mol. The van der Waals surface area contributed by atoms with E-state index in [0.717, 1.165) is 97.3 Å². The van der Waals surface area contributed by atoms with Gasteiger partial charge in [0, 0.05) is 55.2 Å². The van der Waals surface area contributed by atoms with Crippen LogP contribution in [-0.4, -0.2) is 8.80 Å². The van der Waals surface area contributed by atoms with Gasteiger partial charge in [0.2, 0.25) is 0 Å². The molecule has 4 aromatic heterocycles. The summed E-state index contributed by atoms with van der Waals surface area (Å²) in [4.78, 5) is 56.0. The summed E-state index contributed by atoms with van der Waals surface area (Å²) in [5.41, 5.74) is 3.94. The van der Waals surface area contributed by atoms with Gasteiger partial charge in [0.1, 0.15) is 0 Å². The van der Waals surface area contributed by atoms with Crippen molar-refractivity contribution in [2.75, 3.05) is 0 Å². The topological polar surface area (TPSA) is 77.1 Å². The van der Waals surface area contributed by atoms with E-state index in [4.69, 9.17) is 0 Å². The number of benzene rings is 10. The number of hydrogen-bond donors (Lipinski definition) is 0. The Morgan fingerprint density at radius 2 is 0.552 bits per heavy atom. The monoisotopic (exact) mass is 742 g/mol. The molecule has 0 amide bonds. The Hall–Kier alpha value is -7.70. The van der Waals surface area contributed by atoms with Gasteiger partial charge in [0.15, 0.2) is 10.9 Å². The summed E-state index contributed by atoms with van der Waals surface area (Å²) in [5.74, 6) is 0. The van der Waals surface area contributed by atoms with Crippen LogP contribution in [-0.2, 0) is 0 Å². The maximum Gasteiger partial charge on any atom is 0.263 e. The van der Waals surface area contributed by atoms with Crippen molar-refractivity contribution in [1.29, 1.82) is 0 Å². The molecule has 0 radical (unpaired) electrons. The fourth-order valence-electron chi connectivity index (χ4n) is 11.0. The largest absolute Gasteiger partial charge is 0.289 e. The molecule has 0 unspecified atom stereocenters. The van der Waals surface area contributed by atoms with Crippen LogP contribution in [0.2, 0.25) is 0 Å². The van der Waals surface area contributed by atoms with E-state index in [1.54, 1.807) is 20.9 Å². The highest BCUT2D eigenvalue weighted by Gasteiger charge is 2.24. The maximum atomic E-state index is 14.5. The second-order valence-corrected chi connectivity index (χ2v) is 16.3. The molecule has 0 spiro atoms. The summed E-state index contributed by atoms with van der Waals surface area (Å²) >= 11 is 0. The molecule has 4 heterocycles. The van der Waals surface area contributed by atoms with Crippen molar-refractivity contribution in [3.05, 3.63) is 174 Å². The van der Waals surface area contributed by atoms with E-state index in [1.165, 1.54) is 0 Å². The van der Waals surface area contributed by atoms with Gasteiger partial charge in [-0.2, -0.15) is 0 Å². The first-order valence-corrected chi connectivity index (χ1v) is 19.5. The van der Waals surface area contributed by atoms with E-state index in [9.17, 15) is 19.2 Å². The fraction of sp³-hybridized carbons (Fsp3) is 0.0385. The van der Waals surface area contributed by atoms with Crippen molar-refractivity contribution < 1.29 is 0 Å². The van der Waals surface area contributed by atoms with Crippen LogP contribution in [0.4, 0.5) is 0 Å². The molecule has 0 aliphatic rings. The molecule has 14 rings (SSSR count). The Kier molecular flexibility index (Phi) is 5.16. The highest BCUT2D eigenvalue weighted by Crippen LogP contribution is 2.49. The standard InChI is InChI=1S/C52H26N2O4/c1-23-3-17-39-37(19-23)43(55)21-41-33-13-9-29-25-5-6-26-30-10-14-34-42-22-44(56)38-20-24(2)4-18-40(38)54(42)52(58)36-16-12-32(48(30)50(34)36)28-8-7-27(45(25)46(26)28)31-11-15-35(49(33)47(29)31)51(57)53(39)41/h3-22H,1-2H3. The third kappa shape index (κ3) is 3.32. The van der Waals surface area contributed by atoms with Gasteiger partial charge in [-0.05, 0) is 115 Å². The van der Waals surface area contributed by atoms with Crippen molar-refractivity contribution in [2.45, 2.75) is 13.8 Å². The predicted octanol–water partition coefficient (Wildman–Crippen LogP) is 10.7. The lowest BCUT2D eigenvalue weighted by atomic mass is 9.82. The molecule has 14 aromatic rings. The van der Waals surface area contributed by atoms with E-state index in [1.807, 2.05) is 62.4 Å². The van der Waals surface area contributed by atoms with Crippen LogP contribution in [0.3, 0.4) is 0 Å². The molecule has 0 N–H and O–H groups in total. The van der Waals surface area contributed by atoms with Crippen LogP contribution in [0.1, 0.15) is 11.1 Å². The van der Waals surface area contributed by atoms with Crippen molar-refractivity contribution in [3.63, 3.8) is 0 Å². The molecule has 0 atom stereocenters. The van der Waals surface area contributed by atoms with Crippen molar-refractivity contribution >= 4 is 130 Å². The zero-order valence-electron chi connectivity index (χ0n) is 31.1. The number of nitrogens with zero attached hydrogens (tertiary/aromatic N) is 2. The minimum Gasteiger partial charge on any atom is -0.289 e. The minimum atomic E-state index is -0.137. The third-order valence-corrected chi connectivity index (χ3v) is 13.4. The average molecular weight is 743 g/mol. The maximum absolute atomic E-state index is 14.5. The lowest BCUT2D eigenvalue weighted by Gasteiger charge is -2.21. The van der Waals surface area contributed by atoms with Crippen LogP contribution >= 0.6 is 0 Å². The molecular formula is C52H26N2O4. The summed E-state index contributed by atoms with van der Waals surface area (Å²) in [7, 11) is 0. The number of hydrogen-bond acceptors (Lipinski definition) is 4. The van der Waals surface area contributed by atoms with Crippen molar-refractivity contribution in [1.82, 2.24) is 8.80 Å². The second kappa shape index (κ2) is 9.81. The summed E-state index contributed by atoms with van der Waals surface area (Å²) < 4.78 is 3.41. The first-order valence-electron chi connectivity index (χ1n) is 19.5. The lowest BCUT2D eigenvalue weighted by Crippen LogP contribution is -2.18. The van der Waals surface area contributed by atoms with E-state index in [2.05, 4.69) is 60.7 Å². The van der Waals surface area contributed by atoms with E-state index in [0.29, 0.717) is 43.6 Å². The molecule has 0 fully saturated rings. The molecule has 58 heavy (non-hydrogen) atoms. The number of pyridine rings is 4. The summed E-state index contributed by atoms with van der Waals surface area (Å²) in [6.07, 6.45) is 0. The number of aryl methyl sites for hydroxylation is 2. The number of aromatic nitrogens is 2. The van der Waals surface area contributed by atoms with Crippen LogP contribution in [0.15, 0.2) is 141 Å². The Labute approximate surface area is 325 Å². The van der Waals surface area contributed by atoms with Gasteiger partial charge in [-0.25, -0.2) is 0 Å². The Morgan fingerprint density at radius 1 is 0.276 bits per heavy atom. The van der Waals surface area contributed by atoms with Crippen LogP contribution in [0.25, 0.3) is 130 Å². The molecule has 0 saturated carbocycles. The third-order valence-electron chi connectivity index (χ3n) is 13.4. The Balaban J connectivity index is 1.14. The van der Waals surface area contributed by atoms with Gasteiger partial charge < -0.3 is 0 Å². The Morgan fingerprint density at radius 3 is 0.879 bits per heavy atom. The predicted molar refractivity (Wildman–Crippen MR) is 240 cm³/mol. The quantitative estimate of drug-likeness (QED) is 0.114. The van der Waals surface area contributed by atoms with Crippen molar-refractivity contribution in [2.24, 2.45) is 0 Å². The molecule has 6 heteroatoms. The summed E-state index contributed by atoms with van der Waals surface area (Å²) in [6.45, 7) is 3.90. The Bertz CT molecular complexity index is 4180. The highest BCUT2D eigenvalue weighted by atomic mass is 16.1. The van der Waals surface area contributed by atoms with Gasteiger partial charge in [0.05, 0.1) is 22.1 Å². The number of rotatable bonds is 0. The van der Waals surface area contributed by atoms with Gasteiger partial charge in [0.25, 0.3) is 11.1 Å². The number of fused-ring (bicyclic) bond motifs is 12. The van der Waals surface area contributed by atoms with Gasteiger partial charge in [-0.15, -0.1) is 0 Å². The lowest BCUT2D eigenvalue weighted by molar-refractivity contribution is 1.18. The fourth-order valence-corrected chi connectivity index (χ4v) is 11.0. The van der Waals surface area contributed by atoms with Crippen molar-refractivity contribution in [3.8, 4) is 0 Å². The summed E-state index contributed by atoms with van der Waals surface area (Å²) in [6, 6.07) is 40.0. The molecule has 268 valence electrons. The van der Waals surface area contributed by atoms with E-state index in [-0.39, 0.29) is 22.0 Å². The van der Waals surface area contributed by atoms with Gasteiger partial charge in [-0.3, -0.25) is 28.0 Å². The minimum absolute atomic E-state index is 0.0992. The van der Waals surface area contributed by atoms with E-state index >= 15 is 0 Å². The molecule has 0 aliphatic carbocycles. The van der Waals surface area contributed by atoms with Crippen LogP contribution < -0.4 is 22.0 Å². The second-order valence-electron chi connectivity index (χ2n) is 16.3. The molecule has 6 nitrogen and oxygen atoms in total. The average Bonchev–Trinajstić information content (AvgIpc) is 3.23. The van der Waals surface area contributed by atoms with Gasteiger partial charge in [-0.1, -0.05) is 83.9 Å². The summed E-state index contributed by atoms with van der Waals surface area (Å²) in [5, 5.41) is 18.8. The van der Waals surface area contributed by atoms with Gasteiger partial charge >= 0.3 is 0 Å². The first kappa shape index (κ1) is 30.5. The first-order chi connectivity index (χ1) is 28.3. The molecule has 10 aromatic carbocycles. The highest BCUT2D eigenvalue weighted by molar-refractivity contribution is 6.45. The molecule has 0 saturated heterocycles. The SMILES string of the molecule is Cc1ccc2c(c1)c(=O)cc1c3ccc4c5ccc6c7ccc8c9c(ccc(c%10ccc(c%11ccc(c(=O)n21)c3c%114)c5c%106)c79)c(=O)n1c2ccc(C)cc2c(=O)cc81. The smallest absolute Gasteiger partial charge is 0.263 e. The zero-order chi connectivity index (χ0) is 38.6. The normalized spacial score (nSPS) is 12.9.